The Morgan fingerprint density at radius 2 is 2.19 bits per heavy atom. The van der Waals surface area contributed by atoms with E-state index in [4.69, 9.17) is 10.2 Å². The van der Waals surface area contributed by atoms with Gasteiger partial charge in [0.1, 0.15) is 11.5 Å². The van der Waals surface area contributed by atoms with Gasteiger partial charge < -0.3 is 10.2 Å². The Bertz CT molecular complexity index is 332. The summed E-state index contributed by atoms with van der Waals surface area (Å²) in [4.78, 5) is 12.1. The van der Waals surface area contributed by atoms with Crippen molar-refractivity contribution in [3.63, 3.8) is 0 Å². The molecule has 1 aliphatic carbocycles. The summed E-state index contributed by atoms with van der Waals surface area (Å²) in [7, 11) is 0. The molecular formula is C13H19NO2. The van der Waals surface area contributed by atoms with Gasteiger partial charge in [-0.15, -0.1) is 0 Å². The van der Waals surface area contributed by atoms with Crippen molar-refractivity contribution in [3.8, 4) is 0 Å². The zero-order valence-electron chi connectivity index (χ0n) is 9.52. The van der Waals surface area contributed by atoms with Gasteiger partial charge in [0.2, 0.25) is 0 Å². The number of Topliss-reactive ketones (excluding diaryl/α,β-unsaturated/α-hetero) is 1. The third-order valence-electron chi connectivity index (χ3n) is 3.41. The van der Waals surface area contributed by atoms with Gasteiger partial charge in [0.05, 0.1) is 12.7 Å². The third kappa shape index (κ3) is 2.73. The van der Waals surface area contributed by atoms with E-state index in [1.807, 2.05) is 12.1 Å². The van der Waals surface area contributed by atoms with Crippen LogP contribution in [0, 0.1) is 5.92 Å². The van der Waals surface area contributed by atoms with Gasteiger partial charge >= 0.3 is 0 Å². The number of ketones is 1. The van der Waals surface area contributed by atoms with E-state index in [1.165, 1.54) is 6.42 Å². The maximum Gasteiger partial charge on any atom is 0.145 e. The maximum atomic E-state index is 12.1. The lowest BCUT2D eigenvalue weighted by atomic mass is 9.89. The zero-order valence-corrected chi connectivity index (χ0v) is 9.52. The summed E-state index contributed by atoms with van der Waals surface area (Å²) in [5, 5.41) is 0. The molecule has 0 aromatic carbocycles. The van der Waals surface area contributed by atoms with E-state index in [1.54, 1.807) is 6.26 Å². The number of furan rings is 1. The molecule has 0 radical (unpaired) electrons. The highest BCUT2D eigenvalue weighted by Crippen LogP contribution is 2.24. The summed E-state index contributed by atoms with van der Waals surface area (Å²) < 4.78 is 5.20. The Balaban J connectivity index is 1.97. The molecule has 2 unspecified atom stereocenters. The topological polar surface area (TPSA) is 56.2 Å². The monoisotopic (exact) mass is 221 g/mol. The second-order valence-electron chi connectivity index (χ2n) is 4.63. The molecular weight excluding hydrogens is 202 g/mol. The Morgan fingerprint density at radius 1 is 1.38 bits per heavy atom. The molecule has 0 saturated heterocycles. The van der Waals surface area contributed by atoms with Crippen molar-refractivity contribution in [2.75, 3.05) is 0 Å². The number of hydrogen-bond acceptors (Lipinski definition) is 3. The minimum atomic E-state index is 0.0348. The van der Waals surface area contributed by atoms with Gasteiger partial charge in [-0.2, -0.15) is 0 Å². The van der Waals surface area contributed by atoms with Crippen molar-refractivity contribution in [2.24, 2.45) is 11.7 Å². The van der Waals surface area contributed by atoms with Gasteiger partial charge in [-0.05, 0) is 25.0 Å². The van der Waals surface area contributed by atoms with Crippen molar-refractivity contribution >= 4 is 5.78 Å². The lowest BCUT2D eigenvalue weighted by molar-refractivity contribution is -0.123. The summed E-state index contributed by atoms with van der Waals surface area (Å²) in [6.45, 7) is 0. The standard InChI is InChI=1S/C13H19NO2/c14-12-7-3-1-2-6-11(12)13(15)9-10-5-4-8-16-10/h4-5,8,11-12H,1-3,6-7,9,14H2. The molecule has 0 spiro atoms. The highest BCUT2D eigenvalue weighted by Gasteiger charge is 2.27. The highest BCUT2D eigenvalue weighted by atomic mass is 16.3. The first-order valence-electron chi connectivity index (χ1n) is 6.08. The molecule has 1 fully saturated rings. The van der Waals surface area contributed by atoms with E-state index < -0.39 is 0 Å². The van der Waals surface area contributed by atoms with Crippen LogP contribution in [0.4, 0.5) is 0 Å². The SMILES string of the molecule is NC1CCCCCC1C(=O)Cc1ccco1. The molecule has 1 saturated carbocycles. The van der Waals surface area contributed by atoms with Gasteiger partial charge in [-0.1, -0.05) is 19.3 Å². The van der Waals surface area contributed by atoms with Crippen LogP contribution in [0.25, 0.3) is 0 Å². The average Bonchev–Trinajstić information content (AvgIpc) is 2.66. The van der Waals surface area contributed by atoms with Crippen LogP contribution in [0.1, 0.15) is 37.9 Å². The average molecular weight is 221 g/mol. The first-order valence-corrected chi connectivity index (χ1v) is 6.08. The fourth-order valence-electron chi connectivity index (χ4n) is 2.45. The van der Waals surface area contributed by atoms with Gasteiger partial charge in [-0.3, -0.25) is 4.79 Å². The van der Waals surface area contributed by atoms with E-state index in [0.717, 1.165) is 31.4 Å². The first-order chi connectivity index (χ1) is 7.77. The Hall–Kier alpha value is -1.09. The van der Waals surface area contributed by atoms with Crippen LogP contribution in [-0.4, -0.2) is 11.8 Å². The third-order valence-corrected chi connectivity index (χ3v) is 3.41. The molecule has 1 heterocycles. The van der Waals surface area contributed by atoms with Crippen molar-refractivity contribution in [1.82, 2.24) is 0 Å². The Morgan fingerprint density at radius 3 is 2.94 bits per heavy atom. The lowest BCUT2D eigenvalue weighted by Gasteiger charge is -2.19. The van der Waals surface area contributed by atoms with Crippen LogP contribution in [-0.2, 0) is 11.2 Å². The molecule has 0 bridgehead atoms. The number of hydrogen-bond donors (Lipinski definition) is 1. The number of nitrogens with two attached hydrogens (primary N) is 1. The summed E-state index contributed by atoms with van der Waals surface area (Å²) in [5.74, 6) is 1.03. The van der Waals surface area contributed by atoms with E-state index in [0.29, 0.717) is 6.42 Å². The molecule has 1 aliphatic rings. The van der Waals surface area contributed by atoms with Gasteiger partial charge in [-0.25, -0.2) is 0 Å². The van der Waals surface area contributed by atoms with Crippen molar-refractivity contribution < 1.29 is 9.21 Å². The zero-order chi connectivity index (χ0) is 11.4. The fraction of sp³-hybridized carbons (Fsp3) is 0.615. The smallest absolute Gasteiger partial charge is 0.145 e. The molecule has 2 rings (SSSR count). The van der Waals surface area contributed by atoms with Gasteiger partial charge in [0, 0.05) is 12.0 Å². The van der Waals surface area contributed by atoms with Crippen LogP contribution in [0.3, 0.4) is 0 Å². The molecule has 88 valence electrons. The first kappa shape index (κ1) is 11.4. The summed E-state index contributed by atoms with van der Waals surface area (Å²) >= 11 is 0. The predicted molar refractivity (Wildman–Crippen MR) is 62.0 cm³/mol. The van der Waals surface area contributed by atoms with E-state index >= 15 is 0 Å². The number of rotatable bonds is 3. The summed E-state index contributed by atoms with van der Waals surface area (Å²) in [5.41, 5.74) is 6.06. The minimum Gasteiger partial charge on any atom is -0.469 e. The second kappa shape index (κ2) is 5.30. The fourth-order valence-corrected chi connectivity index (χ4v) is 2.45. The van der Waals surface area contributed by atoms with Crippen LogP contribution < -0.4 is 5.73 Å². The van der Waals surface area contributed by atoms with Crippen molar-refractivity contribution in [1.29, 1.82) is 0 Å². The molecule has 1 aromatic heterocycles. The molecule has 0 amide bonds. The van der Waals surface area contributed by atoms with Crippen LogP contribution in [0.2, 0.25) is 0 Å². The van der Waals surface area contributed by atoms with E-state index in [9.17, 15) is 4.79 Å². The Labute approximate surface area is 96.0 Å². The summed E-state index contributed by atoms with van der Waals surface area (Å²) in [6.07, 6.45) is 7.42. The number of carbonyl (C=O) groups is 1. The van der Waals surface area contributed by atoms with Crippen molar-refractivity contribution in [2.45, 2.75) is 44.6 Å². The second-order valence-corrected chi connectivity index (χ2v) is 4.63. The lowest BCUT2D eigenvalue weighted by Crippen LogP contribution is -2.35. The predicted octanol–water partition coefficient (Wildman–Crippen LogP) is 2.30. The number of carbonyl (C=O) groups excluding carboxylic acids is 1. The van der Waals surface area contributed by atoms with E-state index in [2.05, 4.69) is 0 Å². The van der Waals surface area contributed by atoms with Gasteiger partial charge in [0.15, 0.2) is 0 Å². The van der Waals surface area contributed by atoms with Crippen molar-refractivity contribution in [3.05, 3.63) is 24.2 Å². The highest BCUT2D eigenvalue weighted by molar-refractivity contribution is 5.83. The van der Waals surface area contributed by atoms with Crippen LogP contribution in [0.5, 0.6) is 0 Å². The Kier molecular flexibility index (Phi) is 3.78. The molecule has 16 heavy (non-hydrogen) atoms. The molecule has 3 heteroatoms. The molecule has 2 atom stereocenters. The maximum absolute atomic E-state index is 12.1. The van der Waals surface area contributed by atoms with Crippen LogP contribution >= 0.6 is 0 Å². The minimum absolute atomic E-state index is 0.0348. The van der Waals surface area contributed by atoms with E-state index in [-0.39, 0.29) is 17.7 Å². The van der Waals surface area contributed by atoms with Gasteiger partial charge in [0.25, 0.3) is 0 Å². The summed E-state index contributed by atoms with van der Waals surface area (Å²) in [6, 6.07) is 3.71. The molecule has 3 nitrogen and oxygen atoms in total. The normalized spacial score (nSPS) is 26.3. The van der Waals surface area contributed by atoms with Crippen LogP contribution in [0.15, 0.2) is 22.8 Å². The molecule has 0 aliphatic heterocycles. The quantitative estimate of drug-likeness (QED) is 0.797. The largest absolute Gasteiger partial charge is 0.469 e. The molecule has 1 aromatic rings. The molecule has 2 N–H and O–H groups in total.